The van der Waals surface area contributed by atoms with Crippen LogP contribution in [-0.2, 0) is 16.2 Å². The van der Waals surface area contributed by atoms with E-state index in [1.165, 1.54) is 11.0 Å². The first-order valence-corrected chi connectivity index (χ1v) is 11.8. The van der Waals surface area contributed by atoms with Gasteiger partial charge in [-0.15, -0.1) is 0 Å². The highest BCUT2D eigenvalue weighted by molar-refractivity contribution is 7.80. The smallest absolute Gasteiger partial charge is 0.270 e. The minimum absolute atomic E-state index is 0.00964. The van der Waals surface area contributed by atoms with Crippen LogP contribution in [0, 0.1) is 0 Å². The number of benzene rings is 3. The van der Waals surface area contributed by atoms with Crippen LogP contribution in [0.2, 0.25) is 10.0 Å². The molecule has 1 heterocycles. The van der Waals surface area contributed by atoms with Crippen molar-refractivity contribution in [3.8, 4) is 11.5 Å². The number of amides is 2. The topological polar surface area (TPSA) is 67.9 Å². The SMILES string of the molecule is CCOc1cccc(N2C(=O)/C(=C/c3ccc(OCc4ccc(Cl)cc4Cl)cc3)C(=O)NC2=S)c1. The van der Waals surface area contributed by atoms with Gasteiger partial charge in [0.1, 0.15) is 23.7 Å². The fraction of sp³-hybridized carbons (Fsp3) is 0.115. The minimum Gasteiger partial charge on any atom is -0.494 e. The normalized spacial score (nSPS) is 14.8. The summed E-state index contributed by atoms with van der Waals surface area (Å²) >= 11 is 17.4. The fourth-order valence-electron chi connectivity index (χ4n) is 3.40. The molecule has 0 radical (unpaired) electrons. The number of halogens is 2. The van der Waals surface area contributed by atoms with Crippen LogP contribution in [0.4, 0.5) is 5.69 Å². The summed E-state index contributed by atoms with van der Waals surface area (Å²) in [6.07, 6.45) is 1.51. The third-order valence-electron chi connectivity index (χ3n) is 5.09. The van der Waals surface area contributed by atoms with Gasteiger partial charge in [0.15, 0.2) is 5.11 Å². The Balaban J connectivity index is 1.51. The highest BCUT2D eigenvalue weighted by Crippen LogP contribution is 2.27. The van der Waals surface area contributed by atoms with Crippen LogP contribution in [-0.4, -0.2) is 23.5 Å². The Morgan fingerprint density at radius 2 is 1.74 bits per heavy atom. The van der Waals surface area contributed by atoms with E-state index in [1.807, 2.05) is 6.92 Å². The molecule has 0 unspecified atom stereocenters. The maximum absolute atomic E-state index is 13.2. The van der Waals surface area contributed by atoms with E-state index in [0.29, 0.717) is 39.4 Å². The molecule has 9 heteroatoms. The lowest BCUT2D eigenvalue weighted by atomic mass is 10.1. The molecular weight excluding hydrogens is 507 g/mol. The Labute approximate surface area is 218 Å². The van der Waals surface area contributed by atoms with Crippen molar-refractivity contribution in [3.05, 3.63) is 93.5 Å². The van der Waals surface area contributed by atoms with Gasteiger partial charge in [0.2, 0.25) is 0 Å². The lowest BCUT2D eigenvalue weighted by Gasteiger charge is -2.29. The Morgan fingerprint density at radius 3 is 2.46 bits per heavy atom. The molecular formula is C26H20Cl2N2O4S. The number of carbonyl (C=O) groups is 2. The van der Waals surface area contributed by atoms with Crippen molar-refractivity contribution in [1.29, 1.82) is 0 Å². The van der Waals surface area contributed by atoms with E-state index in [9.17, 15) is 9.59 Å². The van der Waals surface area contributed by atoms with Crippen LogP contribution in [0.25, 0.3) is 6.08 Å². The number of hydrogen-bond donors (Lipinski definition) is 1. The van der Waals surface area contributed by atoms with Gasteiger partial charge in [-0.1, -0.05) is 47.5 Å². The van der Waals surface area contributed by atoms with Gasteiger partial charge < -0.3 is 9.47 Å². The van der Waals surface area contributed by atoms with Gasteiger partial charge in [-0.25, -0.2) is 0 Å². The van der Waals surface area contributed by atoms with Gasteiger partial charge in [0.05, 0.1) is 12.3 Å². The quantitative estimate of drug-likeness (QED) is 0.239. The van der Waals surface area contributed by atoms with Crippen LogP contribution in [0.3, 0.4) is 0 Å². The minimum atomic E-state index is -0.560. The van der Waals surface area contributed by atoms with E-state index in [-0.39, 0.29) is 17.3 Å². The van der Waals surface area contributed by atoms with Gasteiger partial charge >= 0.3 is 0 Å². The van der Waals surface area contributed by atoms with E-state index in [1.54, 1.807) is 66.7 Å². The molecule has 1 saturated heterocycles. The van der Waals surface area contributed by atoms with Crippen LogP contribution in [0.15, 0.2) is 72.3 Å². The molecule has 0 atom stereocenters. The lowest BCUT2D eigenvalue weighted by molar-refractivity contribution is -0.122. The van der Waals surface area contributed by atoms with Crippen molar-refractivity contribution in [2.24, 2.45) is 0 Å². The van der Waals surface area contributed by atoms with Crippen molar-refractivity contribution in [1.82, 2.24) is 5.32 Å². The Hall–Kier alpha value is -3.39. The Kier molecular flexibility index (Phi) is 7.70. The second-order valence-corrected chi connectivity index (χ2v) is 8.71. The van der Waals surface area contributed by atoms with Crippen LogP contribution >= 0.6 is 35.4 Å². The lowest BCUT2D eigenvalue weighted by Crippen LogP contribution is -2.54. The summed E-state index contributed by atoms with van der Waals surface area (Å²) in [6, 6.07) is 19.2. The molecule has 1 aliphatic rings. The van der Waals surface area contributed by atoms with Crippen molar-refractivity contribution < 1.29 is 19.1 Å². The fourth-order valence-corrected chi connectivity index (χ4v) is 4.14. The molecule has 4 rings (SSSR count). The van der Waals surface area contributed by atoms with Crippen LogP contribution < -0.4 is 19.7 Å². The van der Waals surface area contributed by atoms with E-state index in [2.05, 4.69) is 5.32 Å². The molecule has 0 aliphatic carbocycles. The van der Waals surface area contributed by atoms with Crippen LogP contribution in [0.1, 0.15) is 18.1 Å². The standard InChI is InChI=1S/C26H20Cl2N2O4S/c1-2-33-21-5-3-4-19(14-21)30-25(32)22(24(31)29-26(30)35)12-16-6-10-20(11-7-16)34-15-17-8-9-18(27)13-23(17)28/h3-14H,2,15H2,1H3,(H,29,31,35)/b22-12+. The zero-order chi connectivity index (χ0) is 24.9. The van der Waals surface area contributed by atoms with E-state index >= 15 is 0 Å². The van der Waals surface area contributed by atoms with E-state index < -0.39 is 11.8 Å². The number of ether oxygens (including phenoxy) is 2. The number of thiocarbonyl (C=S) groups is 1. The molecule has 3 aromatic carbocycles. The van der Waals surface area contributed by atoms with Crippen molar-refractivity contribution in [2.75, 3.05) is 11.5 Å². The molecule has 1 aliphatic heterocycles. The third-order valence-corrected chi connectivity index (χ3v) is 5.96. The second-order valence-electron chi connectivity index (χ2n) is 7.48. The molecule has 0 saturated carbocycles. The average Bonchev–Trinajstić information content (AvgIpc) is 2.82. The van der Waals surface area contributed by atoms with Crippen molar-refractivity contribution >= 4 is 64.1 Å². The van der Waals surface area contributed by atoms with Gasteiger partial charge in [-0.2, -0.15) is 0 Å². The zero-order valence-electron chi connectivity index (χ0n) is 18.6. The van der Waals surface area contributed by atoms with Gasteiger partial charge in [-0.05, 0) is 67.2 Å². The second kappa shape index (κ2) is 10.9. The summed E-state index contributed by atoms with van der Waals surface area (Å²) in [7, 11) is 0. The predicted molar refractivity (Wildman–Crippen MR) is 141 cm³/mol. The largest absolute Gasteiger partial charge is 0.494 e. The highest BCUT2D eigenvalue weighted by atomic mass is 35.5. The zero-order valence-corrected chi connectivity index (χ0v) is 20.9. The number of carbonyl (C=O) groups excluding carboxylic acids is 2. The van der Waals surface area contributed by atoms with E-state index in [0.717, 1.165) is 5.56 Å². The summed E-state index contributed by atoms with van der Waals surface area (Å²) in [5, 5.41) is 3.67. The number of nitrogens with zero attached hydrogens (tertiary/aromatic N) is 1. The maximum atomic E-state index is 13.2. The monoisotopic (exact) mass is 526 g/mol. The molecule has 6 nitrogen and oxygen atoms in total. The maximum Gasteiger partial charge on any atom is 0.270 e. The number of hydrogen-bond acceptors (Lipinski definition) is 5. The predicted octanol–water partition coefficient (Wildman–Crippen LogP) is 5.80. The molecule has 1 fully saturated rings. The molecule has 35 heavy (non-hydrogen) atoms. The summed E-state index contributed by atoms with van der Waals surface area (Å²) in [4.78, 5) is 27.1. The van der Waals surface area contributed by atoms with E-state index in [4.69, 9.17) is 44.9 Å². The summed E-state index contributed by atoms with van der Waals surface area (Å²) in [5.74, 6) is 0.117. The molecule has 0 spiro atoms. The van der Waals surface area contributed by atoms with Gasteiger partial charge in [0, 0.05) is 21.7 Å². The van der Waals surface area contributed by atoms with Crippen molar-refractivity contribution in [2.45, 2.75) is 13.5 Å². The molecule has 0 bridgehead atoms. The third kappa shape index (κ3) is 5.82. The van der Waals surface area contributed by atoms with Gasteiger partial charge in [-0.3, -0.25) is 19.8 Å². The first-order chi connectivity index (χ1) is 16.9. The summed E-state index contributed by atoms with van der Waals surface area (Å²) in [6.45, 7) is 2.62. The number of rotatable bonds is 7. The number of nitrogens with one attached hydrogen (secondary N) is 1. The first-order valence-electron chi connectivity index (χ1n) is 10.7. The molecule has 178 valence electrons. The Bertz CT molecular complexity index is 1330. The summed E-state index contributed by atoms with van der Waals surface area (Å²) < 4.78 is 11.3. The number of anilines is 1. The van der Waals surface area contributed by atoms with Crippen molar-refractivity contribution in [3.63, 3.8) is 0 Å². The first kappa shape index (κ1) is 24.7. The molecule has 3 aromatic rings. The van der Waals surface area contributed by atoms with Crippen LogP contribution in [0.5, 0.6) is 11.5 Å². The summed E-state index contributed by atoms with van der Waals surface area (Å²) in [5.41, 5.74) is 1.91. The molecule has 1 N–H and O–H groups in total. The molecule has 2 amide bonds. The Morgan fingerprint density at radius 1 is 0.971 bits per heavy atom. The molecule has 0 aromatic heterocycles. The highest BCUT2D eigenvalue weighted by Gasteiger charge is 2.34. The average molecular weight is 527 g/mol. The van der Waals surface area contributed by atoms with Gasteiger partial charge in [0.25, 0.3) is 11.8 Å².